The number of carboxylic acid groups (broad SMARTS) is 1. The van der Waals surface area contributed by atoms with Gasteiger partial charge in [-0.25, -0.2) is 4.79 Å². The molecule has 0 bridgehead atoms. The molecule has 16 heavy (non-hydrogen) atoms. The van der Waals surface area contributed by atoms with Crippen molar-refractivity contribution < 1.29 is 28.1 Å². The fourth-order valence-corrected chi connectivity index (χ4v) is 2.37. The van der Waals surface area contributed by atoms with Crippen molar-refractivity contribution in [3.63, 3.8) is 0 Å². The van der Waals surface area contributed by atoms with Gasteiger partial charge >= 0.3 is 6.09 Å². The van der Waals surface area contributed by atoms with Crippen molar-refractivity contribution in [2.24, 2.45) is 0 Å². The zero-order valence-electron chi connectivity index (χ0n) is 8.46. The monoisotopic (exact) mass is 250 g/mol. The minimum Gasteiger partial charge on any atom is -0.771 e. The van der Waals surface area contributed by atoms with Crippen LogP contribution in [0.4, 0.5) is 4.79 Å². The fraction of sp³-hybridized carbons (Fsp3) is 0.875. The molecule has 2 rings (SSSR count). The summed E-state index contributed by atoms with van der Waals surface area (Å²) in [7, 11) is 0. The molecule has 8 heteroatoms. The summed E-state index contributed by atoms with van der Waals surface area (Å²) >= 11 is -2.22. The van der Waals surface area contributed by atoms with Gasteiger partial charge in [-0.15, -0.1) is 0 Å². The summed E-state index contributed by atoms with van der Waals surface area (Å²) in [5.41, 5.74) is -0.451. The molecule has 2 aliphatic rings. The highest BCUT2D eigenvalue weighted by molar-refractivity contribution is 7.78. The number of rotatable bonds is 3. The van der Waals surface area contributed by atoms with E-state index in [1.165, 1.54) is 4.90 Å². The quantitative estimate of drug-likeness (QED) is 0.669. The lowest BCUT2D eigenvalue weighted by molar-refractivity contribution is -0.0983. The Balaban J connectivity index is 1.77. The topological polar surface area (TPSA) is 99.1 Å². The Labute approximate surface area is 94.6 Å². The highest BCUT2D eigenvalue weighted by atomic mass is 32.2. The van der Waals surface area contributed by atoms with Gasteiger partial charge in [-0.1, -0.05) is 0 Å². The first-order chi connectivity index (χ1) is 7.51. The van der Waals surface area contributed by atoms with Gasteiger partial charge in [-0.3, -0.25) is 4.21 Å². The second kappa shape index (κ2) is 4.28. The van der Waals surface area contributed by atoms with Crippen molar-refractivity contribution in [2.75, 3.05) is 25.6 Å². The van der Waals surface area contributed by atoms with Gasteiger partial charge in [-0.05, 0) is 11.1 Å². The van der Waals surface area contributed by atoms with E-state index in [4.69, 9.17) is 14.6 Å². The molecule has 1 spiro atoms. The first-order valence-electron chi connectivity index (χ1n) is 4.80. The zero-order chi connectivity index (χ0) is 11.8. The van der Waals surface area contributed by atoms with Crippen LogP contribution in [-0.4, -0.2) is 62.2 Å². The molecule has 0 saturated carbocycles. The Morgan fingerprint density at radius 1 is 1.69 bits per heavy atom. The molecule has 0 aromatic carbocycles. The van der Waals surface area contributed by atoms with Crippen LogP contribution < -0.4 is 0 Å². The third kappa shape index (κ3) is 2.34. The molecule has 1 unspecified atom stereocenters. The second-order valence-electron chi connectivity index (χ2n) is 4.05. The average molecular weight is 250 g/mol. The molecule has 2 saturated heterocycles. The zero-order valence-corrected chi connectivity index (χ0v) is 9.27. The summed E-state index contributed by atoms with van der Waals surface area (Å²) in [6.07, 6.45) is -0.665. The smallest absolute Gasteiger partial charge is 0.407 e. The Morgan fingerprint density at radius 2 is 2.38 bits per heavy atom. The van der Waals surface area contributed by atoms with Crippen LogP contribution in [0.1, 0.15) is 6.42 Å². The number of hydrogen-bond donors (Lipinski definition) is 1. The maximum Gasteiger partial charge on any atom is 0.407 e. The molecule has 2 atom stereocenters. The average Bonchev–Trinajstić information content (AvgIpc) is 2.56. The van der Waals surface area contributed by atoms with Crippen molar-refractivity contribution in [1.82, 2.24) is 4.90 Å². The van der Waals surface area contributed by atoms with E-state index in [1.807, 2.05) is 0 Å². The first-order valence-corrected chi connectivity index (χ1v) is 6.04. The van der Waals surface area contributed by atoms with Crippen molar-refractivity contribution in [1.29, 1.82) is 0 Å². The molecule has 0 aliphatic carbocycles. The number of likely N-dealkylation sites (tertiary alicyclic amines) is 1. The van der Waals surface area contributed by atoms with Crippen LogP contribution in [0.15, 0.2) is 0 Å². The van der Waals surface area contributed by atoms with E-state index in [9.17, 15) is 13.6 Å². The lowest BCUT2D eigenvalue weighted by Crippen LogP contribution is -2.63. The molecule has 2 fully saturated rings. The van der Waals surface area contributed by atoms with E-state index in [-0.39, 0.29) is 12.0 Å². The molecule has 2 heterocycles. The summed E-state index contributed by atoms with van der Waals surface area (Å²) in [6.45, 7) is 0.996. The molecular weight excluding hydrogens is 238 g/mol. The Kier molecular flexibility index (Phi) is 3.15. The van der Waals surface area contributed by atoms with Crippen molar-refractivity contribution in [2.45, 2.75) is 18.1 Å². The third-order valence-electron chi connectivity index (χ3n) is 2.80. The standard InChI is InChI=1S/C8H13NO6S/c10-7(11)9-3-8(4-9)1-6(2-15-8)14-5-16(12)13/h6H,1-5H2,(H,10,11)(H,12,13)/p-1/t6-/m0/s1. The number of amides is 1. The van der Waals surface area contributed by atoms with Gasteiger partial charge in [0.1, 0.15) is 11.5 Å². The van der Waals surface area contributed by atoms with Crippen LogP contribution in [0.5, 0.6) is 0 Å². The van der Waals surface area contributed by atoms with Gasteiger partial charge in [0, 0.05) is 6.42 Å². The fourth-order valence-electron chi connectivity index (χ4n) is 2.07. The van der Waals surface area contributed by atoms with Crippen LogP contribution in [0, 0.1) is 0 Å². The van der Waals surface area contributed by atoms with E-state index < -0.39 is 22.8 Å². The van der Waals surface area contributed by atoms with Gasteiger partial charge in [0.2, 0.25) is 0 Å². The number of ether oxygens (including phenoxy) is 2. The van der Waals surface area contributed by atoms with Crippen LogP contribution >= 0.6 is 0 Å². The molecule has 0 aromatic rings. The van der Waals surface area contributed by atoms with Gasteiger partial charge < -0.3 is 24.0 Å². The largest absolute Gasteiger partial charge is 0.771 e. The van der Waals surface area contributed by atoms with E-state index in [2.05, 4.69) is 0 Å². The maximum absolute atomic E-state index is 10.6. The number of nitrogens with zero attached hydrogens (tertiary/aromatic N) is 1. The molecule has 1 amide bonds. The Bertz CT molecular complexity index is 316. The van der Waals surface area contributed by atoms with Crippen molar-refractivity contribution in [3.8, 4) is 0 Å². The van der Waals surface area contributed by atoms with Crippen molar-refractivity contribution in [3.05, 3.63) is 0 Å². The normalized spacial score (nSPS) is 29.1. The summed E-state index contributed by atoms with van der Waals surface area (Å²) in [5, 5.41) is 8.68. The summed E-state index contributed by atoms with van der Waals surface area (Å²) in [4.78, 5) is 11.8. The summed E-state index contributed by atoms with van der Waals surface area (Å²) in [6, 6.07) is 0. The molecule has 1 N–H and O–H groups in total. The molecule has 7 nitrogen and oxygen atoms in total. The van der Waals surface area contributed by atoms with Crippen LogP contribution in [0.3, 0.4) is 0 Å². The van der Waals surface area contributed by atoms with E-state index in [1.54, 1.807) is 0 Å². The highest BCUT2D eigenvalue weighted by Gasteiger charge is 2.51. The van der Waals surface area contributed by atoms with Gasteiger partial charge in [0.05, 0.1) is 25.8 Å². The second-order valence-corrected chi connectivity index (χ2v) is 4.89. The predicted molar refractivity (Wildman–Crippen MR) is 51.6 cm³/mol. The summed E-state index contributed by atoms with van der Waals surface area (Å²) in [5.74, 6) is -0.341. The molecule has 92 valence electrons. The molecule has 2 aliphatic heterocycles. The lowest BCUT2D eigenvalue weighted by Gasteiger charge is -2.45. The maximum atomic E-state index is 10.6. The first kappa shape index (κ1) is 11.8. The predicted octanol–water partition coefficient (Wildman–Crippen LogP) is -0.639. The number of carbonyl (C=O) groups is 1. The third-order valence-corrected chi connectivity index (χ3v) is 3.13. The van der Waals surface area contributed by atoms with Crippen LogP contribution in [0.2, 0.25) is 0 Å². The van der Waals surface area contributed by atoms with E-state index >= 15 is 0 Å². The molecule has 0 aromatic heterocycles. The van der Waals surface area contributed by atoms with Gasteiger partial charge in [0.15, 0.2) is 0 Å². The van der Waals surface area contributed by atoms with E-state index in [0.29, 0.717) is 26.1 Å². The Hall–Kier alpha value is -0.700. The molecular formula is C8H12NO6S-. The van der Waals surface area contributed by atoms with E-state index in [0.717, 1.165) is 0 Å². The SMILES string of the molecule is O=C(O)N1CC2(C[C@H](OCS(=O)[O-])CO2)C1. The minimum absolute atomic E-state index is 0.256. The number of hydrogen-bond acceptors (Lipinski definition) is 5. The van der Waals surface area contributed by atoms with Crippen LogP contribution in [0.25, 0.3) is 0 Å². The van der Waals surface area contributed by atoms with Gasteiger partial charge in [0.25, 0.3) is 0 Å². The molecule has 0 radical (unpaired) electrons. The highest BCUT2D eigenvalue weighted by Crippen LogP contribution is 2.36. The minimum atomic E-state index is -2.22. The van der Waals surface area contributed by atoms with Gasteiger partial charge in [-0.2, -0.15) is 0 Å². The Morgan fingerprint density at radius 3 is 2.94 bits per heavy atom. The van der Waals surface area contributed by atoms with Crippen molar-refractivity contribution >= 4 is 17.2 Å². The summed E-state index contributed by atoms with van der Waals surface area (Å²) < 4.78 is 31.1. The lowest BCUT2D eigenvalue weighted by atomic mass is 9.90. The van der Waals surface area contributed by atoms with Crippen LogP contribution in [-0.2, 0) is 20.6 Å².